The molecule has 4 fully saturated rings. The van der Waals surface area contributed by atoms with Crippen LogP contribution < -0.4 is 0 Å². The number of Topliss-reactive ketones (excluding diaryl/α,β-unsaturated/α-hetero) is 1. The Morgan fingerprint density at radius 2 is 1.73 bits per heavy atom. The summed E-state index contributed by atoms with van der Waals surface area (Å²) in [4.78, 5) is 24.9. The number of carbonyl (C=O) groups is 2. The first-order chi connectivity index (χ1) is 12.2. The summed E-state index contributed by atoms with van der Waals surface area (Å²) in [5, 5.41) is 19.7. The van der Waals surface area contributed by atoms with E-state index in [-0.39, 0.29) is 34.7 Å². The number of ketones is 1. The number of carboxylic acid groups (broad SMARTS) is 1. The van der Waals surface area contributed by atoms with Crippen molar-refractivity contribution < 1.29 is 19.8 Å². The standard InChI is InChI=1S/C22H34O4/c1-12(20(25)26)15-4-5-16-19-17(7-9-22(15,16)3)21(2)8-6-14(23)10-13(21)11-18(19)24/h12-17,19,23H,4-11H2,1-3H3,(H,25,26)/t12-,13-,14+,15?,16-,17-,19-,21-,22+/m0/s1. The lowest BCUT2D eigenvalue weighted by atomic mass is 9.44. The number of aliphatic hydroxyl groups is 1. The minimum atomic E-state index is -0.692. The molecule has 146 valence electrons. The van der Waals surface area contributed by atoms with Crippen molar-refractivity contribution in [2.45, 2.75) is 78.2 Å². The average molecular weight is 363 g/mol. The van der Waals surface area contributed by atoms with Crippen LogP contribution in [0.5, 0.6) is 0 Å². The smallest absolute Gasteiger partial charge is 0.306 e. The third-order valence-corrected chi connectivity index (χ3v) is 9.51. The van der Waals surface area contributed by atoms with Gasteiger partial charge in [0, 0.05) is 12.3 Å². The second-order valence-corrected chi connectivity index (χ2v) is 10.4. The molecule has 0 amide bonds. The summed E-state index contributed by atoms with van der Waals surface area (Å²) in [6.07, 6.45) is 7.13. The average Bonchev–Trinajstić information content (AvgIpc) is 2.93. The Bertz CT molecular complexity index is 615. The molecule has 0 saturated heterocycles. The van der Waals surface area contributed by atoms with Gasteiger partial charge in [0.15, 0.2) is 0 Å². The van der Waals surface area contributed by atoms with Crippen LogP contribution in [0.1, 0.15) is 72.1 Å². The molecule has 4 heteroatoms. The van der Waals surface area contributed by atoms with E-state index in [1.54, 1.807) is 0 Å². The molecule has 0 heterocycles. The van der Waals surface area contributed by atoms with Crippen LogP contribution in [-0.4, -0.2) is 28.1 Å². The van der Waals surface area contributed by atoms with Crippen molar-refractivity contribution in [1.29, 1.82) is 0 Å². The summed E-state index contributed by atoms with van der Waals surface area (Å²) in [5.74, 6) is 0.818. The van der Waals surface area contributed by atoms with Gasteiger partial charge in [0.05, 0.1) is 12.0 Å². The van der Waals surface area contributed by atoms with Crippen LogP contribution in [0.3, 0.4) is 0 Å². The number of rotatable bonds is 2. The number of hydrogen-bond acceptors (Lipinski definition) is 3. The van der Waals surface area contributed by atoms with Gasteiger partial charge in [-0.2, -0.15) is 0 Å². The predicted molar refractivity (Wildman–Crippen MR) is 98.4 cm³/mol. The highest BCUT2D eigenvalue weighted by atomic mass is 16.4. The topological polar surface area (TPSA) is 74.6 Å². The van der Waals surface area contributed by atoms with Crippen molar-refractivity contribution in [3.05, 3.63) is 0 Å². The molecule has 0 aromatic rings. The van der Waals surface area contributed by atoms with Gasteiger partial charge in [0.25, 0.3) is 0 Å². The lowest BCUT2D eigenvalue weighted by Crippen LogP contribution is -2.57. The lowest BCUT2D eigenvalue weighted by molar-refractivity contribution is -0.162. The Balaban J connectivity index is 1.65. The van der Waals surface area contributed by atoms with Crippen molar-refractivity contribution in [1.82, 2.24) is 0 Å². The maximum absolute atomic E-state index is 13.2. The molecule has 9 atom stereocenters. The van der Waals surface area contributed by atoms with E-state index >= 15 is 0 Å². The first-order valence-corrected chi connectivity index (χ1v) is 10.6. The number of hydrogen-bond donors (Lipinski definition) is 2. The molecule has 4 saturated carbocycles. The third-order valence-electron chi connectivity index (χ3n) is 9.51. The molecule has 0 radical (unpaired) electrons. The number of fused-ring (bicyclic) bond motifs is 5. The summed E-state index contributed by atoms with van der Waals surface area (Å²) >= 11 is 0. The van der Waals surface area contributed by atoms with Gasteiger partial charge < -0.3 is 10.2 Å². The quantitative estimate of drug-likeness (QED) is 0.781. The molecule has 1 unspecified atom stereocenters. The maximum Gasteiger partial charge on any atom is 0.306 e. The normalized spacial score (nSPS) is 51.9. The summed E-state index contributed by atoms with van der Waals surface area (Å²) in [5.41, 5.74) is 0.168. The fourth-order valence-corrected chi connectivity index (χ4v) is 7.94. The highest BCUT2D eigenvalue weighted by Gasteiger charge is 2.63. The molecule has 4 aliphatic carbocycles. The van der Waals surface area contributed by atoms with Crippen LogP contribution in [0.25, 0.3) is 0 Å². The Hall–Kier alpha value is -0.900. The van der Waals surface area contributed by atoms with Gasteiger partial charge in [-0.05, 0) is 79.4 Å². The zero-order valence-corrected chi connectivity index (χ0v) is 16.4. The minimum absolute atomic E-state index is 0.00793. The first-order valence-electron chi connectivity index (χ1n) is 10.6. The van der Waals surface area contributed by atoms with E-state index < -0.39 is 5.97 Å². The third kappa shape index (κ3) is 2.43. The van der Waals surface area contributed by atoms with E-state index in [4.69, 9.17) is 0 Å². The minimum Gasteiger partial charge on any atom is -0.481 e. The van der Waals surface area contributed by atoms with E-state index in [9.17, 15) is 19.8 Å². The van der Waals surface area contributed by atoms with Crippen molar-refractivity contribution in [3.63, 3.8) is 0 Å². The summed E-state index contributed by atoms with van der Waals surface area (Å²) in [7, 11) is 0. The SMILES string of the molecule is C[C@H](C(=O)O)C1CC[C@H]2[C@@H]3C(=O)C[C@@H]4C[C@H](O)CC[C@]4(C)[C@H]3CC[C@]12C. The number of aliphatic carboxylic acids is 1. The van der Waals surface area contributed by atoms with Crippen LogP contribution >= 0.6 is 0 Å². The van der Waals surface area contributed by atoms with Gasteiger partial charge in [-0.25, -0.2) is 0 Å². The summed E-state index contributed by atoms with van der Waals surface area (Å²) in [6.45, 7) is 6.51. The maximum atomic E-state index is 13.2. The van der Waals surface area contributed by atoms with Crippen LogP contribution in [0.4, 0.5) is 0 Å². The Kier molecular flexibility index (Phi) is 4.30. The molecule has 0 aliphatic heterocycles. The van der Waals surface area contributed by atoms with E-state index in [0.717, 1.165) is 44.9 Å². The zero-order valence-electron chi connectivity index (χ0n) is 16.4. The molecule has 4 rings (SSSR count). The molecule has 4 aliphatic rings. The van der Waals surface area contributed by atoms with Gasteiger partial charge in [-0.3, -0.25) is 9.59 Å². The van der Waals surface area contributed by atoms with Gasteiger partial charge in [-0.1, -0.05) is 20.8 Å². The molecule has 0 bridgehead atoms. The molecule has 4 nitrogen and oxygen atoms in total. The first kappa shape index (κ1) is 18.5. The Morgan fingerprint density at radius 3 is 2.42 bits per heavy atom. The van der Waals surface area contributed by atoms with Crippen LogP contribution in [-0.2, 0) is 9.59 Å². The highest BCUT2D eigenvalue weighted by Crippen LogP contribution is 2.67. The molecule has 0 aromatic carbocycles. The van der Waals surface area contributed by atoms with Crippen LogP contribution in [0.15, 0.2) is 0 Å². The molecular formula is C22H34O4. The zero-order chi connectivity index (χ0) is 18.9. The van der Waals surface area contributed by atoms with Crippen LogP contribution in [0, 0.1) is 46.3 Å². The second kappa shape index (κ2) is 6.05. The van der Waals surface area contributed by atoms with Crippen molar-refractivity contribution in [2.24, 2.45) is 46.3 Å². The van der Waals surface area contributed by atoms with E-state index in [0.29, 0.717) is 30.0 Å². The lowest BCUT2D eigenvalue weighted by Gasteiger charge is -2.60. The molecule has 0 aromatic heterocycles. The van der Waals surface area contributed by atoms with Gasteiger partial charge in [0.2, 0.25) is 0 Å². The predicted octanol–water partition coefficient (Wildman–Crippen LogP) is 3.91. The van der Waals surface area contributed by atoms with Crippen molar-refractivity contribution >= 4 is 11.8 Å². The van der Waals surface area contributed by atoms with Gasteiger partial charge >= 0.3 is 5.97 Å². The number of carboxylic acids is 1. The monoisotopic (exact) mass is 362 g/mol. The van der Waals surface area contributed by atoms with E-state index in [1.165, 1.54) is 0 Å². The Labute approximate surface area is 156 Å². The van der Waals surface area contributed by atoms with E-state index in [1.807, 2.05) is 6.92 Å². The number of aliphatic hydroxyl groups excluding tert-OH is 1. The fourth-order valence-electron chi connectivity index (χ4n) is 7.94. The van der Waals surface area contributed by atoms with Crippen molar-refractivity contribution in [3.8, 4) is 0 Å². The molecule has 0 spiro atoms. The summed E-state index contributed by atoms with van der Waals surface area (Å²) in [6, 6.07) is 0. The molecular weight excluding hydrogens is 328 g/mol. The second-order valence-electron chi connectivity index (χ2n) is 10.4. The molecule has 2 N–H and O–H groups in total. The highest BCUT2D eigenvalue weighted by molar-refractivity contribution is 5.83. The van der Waals surface area contributed by atoms with Crippen molar-refractivity contribution in [2.75, 3.05) is 0 Å². The van der Waals surface area contributed by atoms with E-state index in [2.05, 4.69) is 13.8 Å². The summed E-state index contributed by atoms with van der Waals surface area (Å²) < 4.78 is 0. The number of carbonyl (C=O) groups excluding carboxylic acids is 1. The van der Waals surface area contributed by atoms with Gasteiger partial charge in [0.1, 0.15) is 5.78 Å². The van der Waals surface area contributed by atoms with Crippen LogP contribution in [0.2, 0.25) is 0 Å². The largest absolute Gasteiger partial charge is 0.481 e. The fraction of sp³-hybridized carbons (Fsp3) is 0.909. The molecule has 26 heavy (non-hydrogen) atoms. The Morgan fingerprint density at radius 1 is 1.08 bits per heavy atom. The van der Waals surface area contributed by atoms with Gasteiger partial charge in [-0.15, -0.1) is 0 Å².